The number of carbonyl (C=O) groups excluding carboxylic acids is 1. The van der Waals surface area contributed by atoms with Gasteiger partial charge in [0.05, 0.1) is 11.6 Å². The van der Waals surface area contributed by atoms with Gasteiger partial charge in [-0.25, -0.2) is 9.37 Å². The van der Waals surface area contributed by atoms with Crippen LogP contribution in [0.4, 0.5) is 10.1 Å². The fourth-order valence-electron chi connectivity index (χ4n) is 2.52. The second-order valence-corrected chi connectivity index (χ2v) is 6.24. The summed E-state index contributed by atoms with van der Waals surface area (Å²) >= 11 is 5.72. The van der Waals surface area contributed by atoms with Crippen molar-refractivity contribution in [2.24, 2.45) is 5.92 Å². The summed E-state index contributed by atoms with van der Waals surface area (Å²) in [7, 11) is 0. The summed E-state index contributed by atoms with van der Waals surface area (Å²) in [6.45, 7) is 2.06. The average Bonchev–Trinajstić information content (AvgIpc) is 2.64. The second kappa shape index (κ2) is 8.27. The van der Waals surface area contributed by atoms with Gasteiger partial charge in [-0.3, -0.25) is 4.79 Å². The van der Waals surface area contributed by atoms with E-state index in [4.69, 9.17) is 21.1 Å². The van der Waals surface area contributed by atoms with E-state index in [-0.39, 0.29) is 10.9 Å². The van der Waals surface area contributed by atoms with Gasteiger partial charge >= 0.3 is 0 Å². The number of benzene rings is 1. The third-order valence-corrected chi connectivity index (χ3v) is 4.27. The molecule has 0 unspecified atom stereocenters. The number of halogens is 2. The Morgan fingerprint density at radius 1 is 1.32 bits per heavy atom. The van der Waals surface area contributed by atoms with Crippen LogP contribution in [0, 0.1) is 11.7 Å². The van der Waals surface area contributed by atoms with Crippen LogP contribution in [0.5, 0.6) is 5.88 Å². The van der Waals surface area contributed by atoms with Crippen molar-refractivity contribution >= 4 is 23.2 Å². The molecule has 7 heteroatoms. The molecule has 0 spiro atoms. The molecule has 0 saturated carbocycles. The van der Waals surface area contributed by atoms with Gasteiger partial charge in [0.1, 0.15) is 5.82 Å². The lowest BCUT2D eigenvalue weighted by Crippen LogP contribution is -2.21. The number of nitrogens with one attached hydrogen (secondary N) is 1. The molecule has 0 atom stereocenters. The summed E-state index contributed by atoms with van der Waals surface area (Å²) in [5.74, 6) is -0.0426. The highest BCUT2D eigenvalue weighted by Crippen LogP contribution is 2.21. The molecule has 1 aromatic heterocycles. The van der Waals surface area contributed by atoms with Crippen LogP contribution in [-0.2, 0) is 4.74 Å². The summed E-state index contributed by atoms with van der Waals surface area (Å²) in [4.78, 5) is 16.5. The van der Waals surface area contributed by atoms with Crippen LogP contribution in [0.3, 0.4) is 0 Å². The normalized spacial score (nSPS) is 15.0. The molecule has 25 heavy (non-hydrogen) atoms. The van der Waals surface area contributed by atoms with Crippen molar-refractivity contribution in [1.82, 2.24) is 4.98 Å². The van der Waals surface area contributed by atoms with Gasteiger partial charge in [-0.05, 0) is 43.0 Å². The Kier molecular flexibility index (Phi) is 5.83. The Balaban J connectivity index is 1.61. The Bertz CT molecular complexity index is 751. The number of hydrogen-bond acceptors (Lipinski definition) is 4. The Morgan fingerprint density at radius 2 is 2.12 bits per heavy atom. The zero-order valence-corrected chi connectivity index (χ0v) is 14.3. The third-order valence-electron chi connectivity index (χ3n) is 3.98. The van der Waals surface area contributed by atoms with E-state index in [1.165, 1.54) is 24.4 Å². The molecule has 1 fully saturated rings. The number of aromatic nitrogens is 1. The zero-order chi connectivity index (χ0) is 17.6. The summed E-state index contributed by atoms with van der Waals surface area (Å²) in [5.41, 5.74) is 0.815. The number of pyridine rings is 1. The molecule has 0 aliphatic carbocycles. The summed E-state index contributed by atoms with van der Waals surface area (Å²) in [5, 5.41) is 2.62. The minimum absolute atomic E-state index is 0.0481. The molecule has 1 aliphatic rings. The molecule has 5 nitrogen and oxygen atoms in total. The summed E-state index contributed by atoms with van der Waals surface area (Å²) < 4.78 is 24.2. The molecule has 0 radical (unpaired) electrons. The average molecular weight is 365 g/mol. The van der Waals surface area contributed by atoms with Crippen molar-refractivity contribution in [2.75, 3.05) is 25.1 Å². The molecule has 3 rings (SSSR count). The van der Waals surface area contributed by atoms with Crippen molar-refractivity contribution in [1.29, 1.82) is 0 Å². The quantitative estimate of drug-likeness (QED) is 0.873. The van der Waals surface area contributed by atoms with Gasteiger partial charge in [0.2, 0.25) is 5.88 Å². The molecular weight excluding hydrogens is 347 g/mol. The first-order chi connectivity index (χ1) is 12.1. The van der Waals surface area contributed by atoms with Gasteiger partial charge < -0.3 is 14.8 Å². The largest absolute Gasteiger partial charge is 0.477 e. The molecule has 1 amide bonds. The lowest BCUT2D eigenvalue weighted by Gasteiger charge is -2.21. The van der Waals surface area contributed by atoms with Crippen LogP contribution in [-0.4, -0.2) is 30.7 Å². The maximum Gasteiger partial charge on any atom is 0.255 e. The number of rotatable bonds is 5. The van der Waals surface area contributed by atoms with E-state index in [1.807, 2.05) is 0 Å². The van der Waals surface area contributed by atoms with Crippen molar-refractivity contribution in [3.63, 3.8) is 0 Å². The van der Waals surface area contributed by atoms with Gasteiger partial charge in [-0.2, -0.15) is 0 Å². The highest BCUT2D eigenvalue weighted by molar-refractivity contribution is 6.31. The first-order valence-electron chi connectivity index (χ1n) is 8.05. The van der Waals surface area contributed by atoms with Crippen LogP contribution >= 0.6 is 11.6 Å². The SMILES string of the molecule is O=C(Nc1ccc(F)c(Cl)c1)c1ccnc(OCC2CCOCC2)c1. The van der Waals surface area contributed by atoms with Gasteiger partial charge in [-0.1, -0.05) is 11.6 Å². The van der Waals surface area contributed by atoms with Crippen molar-refractivity contribution in [3.8, 4) is 5.88 Å². The van der Waals surface area contributed by atoms with E-state index in [1.54, 1.807) is 12.1 Å². The molecule has 1 aromatic carbocycles. The second-order valence-electron chi connectivity index (χ2n) is 5.83. The molecule has 1 saturated heterocycles. The number of carbonyl (C=O) groups is 1. The third kappa shape index (κ3) is 4.90. The van der Waals surface area contributed by atoms with E-state index in [9.17, 15) is 9.18 Å². The fourth-order valence-corrected chi connectivity index (χ4v) is 2.70. The van der Waals surface area contributed by atoms with E-state index in [0.29, 0.717) is 29.7 Å². The molecule has 2 heterocycles. The molecule has 132 valence electrons. The zero-order valence-electron chi connectivity index (χ0n) is 13.5. The Hall–Kier alpha value is -2.18. The number of ether oxygens (including phenoxy) is 2. The lowest BCUT2D eigenvalue weighted by molar-refractivity contribution is 0.0490. The minimum atomic E-state index is -0.535. The number of amides is 1. The van der Waals surface area contributed by atoms with Crippen LogP contribution in [0.2, 0.25) is 5.02 Å². The van der Waals surface area contributed by atoms with Gasteiger partial charge in [0.15, 0.2) is 0 Å². The van der Waals surface area contributed by atoms with E-state index >= 15 is 0 Å². The van der Waals surface area contributed by atoms with Crippen molar-refractivity contribution in [2.45, 2.75) is 12.8 Å². The monoisotopic (exact) mass is 364 g/mol. The first-order valence-corrected chi connectivity index (χ1v) is 8.42. The molecule has 1 aliphatic heterocycles. The van der Waals surface area contributed by atoms with E-state index < -0.39 is 5.82 Å². The van der Waals surface area contributed by atoms with Crippen LogP contribution in [0.15, 0.2) is 36.5 Å². The van der Waals surface area contributed by atoms with Gasteiger partial charge in [0, 0.05) is 36.7 Å². The Morgan fingerprint density at radius 3 is 2.88 bits per heavy atom. The number of hydrogen-bond donors (Lipinski definition) is 1. The van der Waals surface area contributed by atoms with Gasteiger partial charge in [-0.15, -0.1) is 0 Å². The molecular formula is C18H18ClFN2O3. The molecule has 1 N–H and O–H groups in total. The lowest BCUT2D eigenvalue weighted by atomic mass is 10.0. The van der Waals surface area contributed by atoms with Crippen molar-refractivity contribution in [3.05, 3.63) is 52.9 Å². The number of nitrogens with zero attached hydrogens (tertiary/aromatic N) is 1. The van der Waals surface area contributed by atoms with Gasteiger partial charge in [0.25, 0.3) is 5.91 Å². The number of anilines is 1. The maximum atomic E-state index is 13.2. The standard InChI is InChI=1S/C18H18ClFN2O3/c19-15-10-14(1-2-16(15)20)22-18(23)13-3-6-21-17(9-13)25-11-12-4-7-24-8-5-12/h1-3,6,9-10,12H,4-5,7-8,11H2,(H,22,23). The summed E-state index contributed by atoms with van der Waals surface area (Å²) in [6.07, 6.45) is 3.45. The van der Waals surface area contributed by atoms with Crippen LogP contribution in [0.25, 0.3) is 0 Å². The first kappa shape index (κ1) is 17.6. The summed E-state index contributed by atoms with van der Waals surface area (Å²) in [6, 6.07) is 7.18. The van der Waals surface area contributed by atoms with E-state index in [2.05, 4.69) is 10.3 Å². The predicted octanol–water partition coefficient (Wildman–Crippen LogP) is 3.93. The minimum Gasteiger partial charge on any atom is -0.477 e. The van der Waals surface area contributed by atoms with E-state index in [0.717, 1.165) is 26.1 Å². The van der Waals surface area contributed by atoms with Crippen LogP contribution < -0.4 is 10.1 Å². The highest BCUT2D eigenvalue weighted by atomic mass is 35.5. The molecule has 2 aromatic rings. The Labute approximate surface area is 150 Å². The molecule has 0 bridgehead atoms. The highest BCUT2D eigenvalue weighted by Gasteiger charge is 2.15. The maximum absolute atomic E-state index is 13.2. The topological polar surface area (TPSA) is 60.5 Å². The van der Waals surface area contributed by atoms with Crippen LogP contribution in [0.1, 0.15) is 23.2 Å². The predicted molar refractivity (Wildman–Crippen MR) is 92.6 cm³/mol. The smallest absolute Gasteiger partial charge is 0.255 e. The fraction of sp³-hybridized carbons (Fsp3) is 0.333. The van der Waals surface area contributed by atoms with Crippen molar-refractivity contribution < 1.29 is 18.7 Å².